The van der Waals surface area contributed by atoms with Gasteiger partial charge in [-0.15, -0.1) is 0 Å². The summed E-state index contributed by atoms with van der Waals surface area (Å²) in [5.74, 6) is -1.45. The topological polar surface area (TPSA) is 105 Å². The lowest BCUT2D eigenvalue weighted by Gasteiger charge is -2.27. The van der Waals surface area contributed by atoms with Gasteiger partial charge in [0.2, 0.25) is 5.91 Å². The van der Waals surface area contributed by atoms with Crippen LogP contribution < -0.4 is 5.32 Å². The summed E-state index contributed by atoms with van der Waals surface area (Å²) in [5, 5.41) is 12.4. The Balaban J connectivity index is 1.78. The zero-order valence-corrected chi connectivity index (χ0v) is 18.8. The summed E-state index contributed by atoms with van der Waals surface area (Å²) in [4.78, 5) is 38.7. The van der Waals surface area contributed by atoms with Gasteiger partial charge in [-0.05, 0) is 43.2 Å². The van der Waals surface area contributed by atoms with Crippen LogP contribution in [0.3, 0.4) is 0 Å². The van der Waals surface area contributed by atoms with Gasteiger partial charge in [0.1, 0.15) is 12.1 Å². The largest absolute Gasteiger partial charge is 0.480 e. The summed E-state index contributed by atoms with van der Waals surface area (Å²) in [6.07, 6.45) is 4.86. The molecule has 0 aromatic heterocycles. The van der Waals surface area contributed by atoms with Crippen LogP contribution in [0.15, 0.2) is 24.3 Å². The molecular formula is C24H34N2O6. The number of amides is 2. The number of alkyl carbamates (subject to hydrolysis) is 1. The van der Waals surface area contributed by atoms with Crippen molar-refractivity contribution in [1.29, 1.82) is 0 Å². The van der Waals surface area contributed by atoms with Crippen LogP contribution in [-0.4, -0.2) is 59.3 Å². The standard InChI is InChI=1S/C24H34N2O6/c1-2-3-11-20-22(27)26-15-19(14-21(26)23(28)29)32-16-18-10-7-9-17(13-18)8-5-4-6-12-31-24(30)25-20/h7,9-10,13,19-21H,2-6,8,11-12,14-16H2,1H3,(H,25,30)(H,28,29)/t19-,20+,21+/m1/s1. The molecule has 2 amide bonds. The van der Waals surface area contributed by atoms with E-state index in [4.69, 9.17) is 9.47 Å². The number of aliphatic carboxylic acids is 1. The quantitative estimate of drug-likeness (QED) is 0.736. The number of fused-ring (bicyclic) bond motifs is 4. The first-order valence-corrected chi connectivity index (χ1v) is 11.6. The third-order valence-electron chi connectivity index (χ3n) is 6.09. The lowest BCUT2D eigenvalue weighted by atomic mass is 10.0. The maximum atomic E-state index is 13.2. The van der Waals surface area contributed by atoms with Crippen LogP contribution in [0.4, 0.5) is 4.79 Å². The summed E-state index contributed by atoms with van der Waals surface area (Å²) in [6, 6.07) is 6.42. The highest BCUT2D eigenvalue weighted by atomic mass is 16.5. The van der Waals surface area contributed by atoms with Gasteiger partial charge in [-0.1, -0.05) is 44.0 Å². The van der Waals surface area contributed by atoms with Crippen molar-refractivity contribution in [3.05, 3.63) is 35.4 Å². The monoisotopic (exact) mass is 446 g/mol. The van der Waals surface area contributed by atoms with Gasteiger partial charge in [-0.2, -0.15) is 0 Å². The fourth-order valence-electron chi connectivity index (χ4n) is 4.31. The molecule has 2 N–H and O–H groups in total. The number of carbonyl (C=O) groups excluding carboxylic acids is 2. The number of carbonyl (C=O) groups is 3. The van der Waals surface area contributed by atoms with Crippen LogP contribution in [0.5, 0.6) is 0 Å². The van der Waals surface area contributed by atoms with Crippen molar-refractivity contribution in [2.24, 2.45) is 0 Å². The number of unbranched alkanes of at least 4 members (excludes halogenated alkanes) is 1. The van der Waals surface area contributed by atoms with E-state index in [-0.39, 0.29) is 25.7 Å². The molecule has 32 heavy (non-hydrogen) atoms. The molecule has 1 aromatic carbocycles. The Morgan fingerprint density at radius 2 is 2.03 bits per heavy atom. The van der Waals surface area contributed by atoms with Gasteiger partial charge >= 0.3 is 12.1 Å². The summed E-state index contributed by atoms with van der Waals surface area (Å²) in [5.41, 5.74) is 2.26. The predicted molar refractivity (Wildman–Crippen MR) is 118 cm³/mol. The molecule has 3 rings (SSSR count). The van der Waals surface area contributed by atoms with Crippen LogP contribution in [0.2, 0.25) is 0 Å². The lowest BCUT2D eigenvalue weighted by Crippen LogP contribution is -2.52. The molecule has 8 heteroatoms. The van der Waals surface area contributed by atoms with Gasteiger partial charge in [0.05, 0.1) is 19.3 Å². The fraction of sp³-hybridized carbons (Fsp3) is 0.625. The summed E-state index contributed by atoms with van der Waals surface area (Å²) in [6.45, 7) is 2.85. The van der Waals surface area contributed by atoms with Crippen molar-refractivity contribution in [1.82, 2.24) is 10.2 Å². The smallest absolute Gasteiger partial charge is 0.407 e. The number of cyclic esters (lactones) is 1. The molecule has 0 saturated carbocycles. The zero-order valence-electron chi connectivity index (χ0n) is 18.8. The van der Waals surface area contributed by atoms with Crippen molar-refractivity contribution < 1.29 is 29.0 Å². The van der Waals surface area contributed by atoms with Crippen LogP contribution in [0.25, 0.3) is 0 Å². The molecule has 2 heterocycles. The minimum Gasteiger partial charge on any atom is -0.480 e. The van der Waals surface area contributed by atoms with Gasteiger partial charge in [-0.25, -0.2) is 9.59 Å². The van der Waals surface area contributed by atoms with Crippen LogP contribution >= 0.6 is 0 Å². The number of ether oxygens (including phenoxy) is 2. The fourth-order valence-corrected chi connectivity index (χ4v) is 4.31. The molecule has 1 fully saturated rings. The van der Waals surface area contributed by atoms with E-state index >= 15 is 0 Å². The Labute approximate surface area is 189 Å². The number of nitrogens with one attached hydrogen (secondary N) is 1. The van der Waals surface area contributed by atoms with Gasteiger partial charge in [0, 0.05) is 13.0 Å². The first-order chi connectivity index (χ1) is 15.5. The third-order valence-corrected chi connectivity index (χ3v) is 6.09. The Morgan fingerprint density at radius 3 is 2.81 bits per heavy atom. The first-order valence-electron chi connectivity index (χ1n) is 11.6. The van der Waals surface area contributed by atoms with E-state index in [1.165, 1.54) is 10.5 Å². The van der Waals surface area contributed by atoms with Gasteiger partial charge < -0.3 is 24.8 Å². The highest BCUT2D eigenvalue weighted by Crippen LogP contribution is 2.24. The summed E-state index contributed by atoms with van der Waals surface area (Å²) < 4.78 is 11.3. The number of carboxylic acids is 1. The van der Waals surface area contributed by atoms with E-state index in [1.54, 1.807) is 0 Å². The molecule has 3 atom stereocenters. The molecule has 1 aromatic rings. The Bertz CT molecular complexity index is 798. The van der Waals surface area contributed by atoms with Gasteiger partial charge in [0.15, 0.2) is 0 Å². The molecule has 176 valence electrons. The van der Waals surface area contributed by atoms with Crippen LogP contribution in [0.1, 0.15) is 63.0 Å². The third kappa shape index (κ3) is 6.69. The van der Waals surface area contributed by atoms with Crippen molar-refractivity contribution in [2.45, 2.75) is 83.1 Å². The molecule has 8 nitrogen and oxygen atoms in total. The second-order valence-corrected chi connectivity index (χ2v) is 8.62. The zero-order chi connectivity index (χ0) is 22.9. The highest BCUT2D eigenvalue weighted by Gasteiger charge is 2.42. The molecular weight excluding hydrogens is 412 g/mol. The Hall–Kier alpha value is -2.61. The van der Waals surface area contributed by atoms with E-state index in [9.17, 15) is 19.5 Å². The Morgan fingerprint density at radius 1 is 1.22 bits per heavy atom. The molecule has 0 spiro atoms. The minimum atomic E-state index is -1.06. The number of rotatable bonds is 4. The molecule has 0 radical (unpaired) electrons. The normalized spacial score (nSPS) is 25.4. The lowest BCUT2D eigenvalue weighted by molar-refractivity contribution is -0.149. The first kappa shape index (κ1) is 24.0. The summed E-state index contributed by atoms with van der Waals surface area (Å²) in [7, 11) is 0. The number of nitrogens with zero attached hydrogens (tertiary/aromatic N) is 1. The predicted octanol–water partition coefficient (Wildman–Crippen LogP) is 3.27. The van der Waals surface area contributed by atoms with Crippen LogP contribution in [0, 0.1) is 0 Å². The van der Waals surface area contributed by atoms with E-state index in [1.807, 2.05) is 19.1 Å². The number of benzene rings is 1. The van der Waals surface area contributed by atoms with E-state index < -0.39 is 30.1 Å². The number of carboxylic acid groups (broad SMARTS) is 1. The van der Waals surface area contributed by atoms with E-state index in [2.05, 4.69) is 17.4 Å². The number of hydrogen-bond acceptors (Lipinski definition) is 5. The maximum Gasteiger partial charge on any atom is 0.407 e. The SMILES string of the molecule is CCCC[C@@H]1NC(=O)OCCCCCc2cccc(c2)CO[C@@H]2C[C@@H](C(=O)O)N(C2)C1=O. The second-order valence-electron chi connectivity index (χ2n) is 8.62. The molecule has 0 unspecified atom stereocenters. The van der Waals surface area contributed by atoms with Gasteiger partial charge in [-0.3, -0.25) is 4.79 Å². The second kappa shape index (κ2) is 11.9. The Kier molecular flexibility index (Phi) is 8.90. The van der Waals surface area contributed by atoms with Crippen molar-refractivity contribution in [3.63, 3.8) is 0 Å². The average Bonchev–Trinajstić information content (AvgIpc) is 3.21. The maximum absolute atomic E-state index is 13.2. The van der Waals surface area contributed by atoms with Crippen molar-refractivity contribution >= 4 is 18.0 Å². The highest BCUT2D eigenvalue weighted by molar-refractivity contribution is 5.89. The molecule has 1 saturated heterocycles. The van der Waals surface area contributed by atoms with Gasteiger partial charge in [0.25, 0.3) is 0 Å². The molecule has 2 aliphatic heterocycles. The minimum absolute atomic E-state index is 0.189. The van der Waals surface area contributed by atoms with E-state index in [0.29, 0.717) is 13.0 Å². The van der Waals surface area contributed by atoms with Crippen molar-refractivity contribution in [2.75, 3.05) is 13.2 Å². The molecule has 0 aliphatic carbocycles. The number of hydrogen-bond donors (Lipinski definition) is 2. The van der Waals surface area contributed by atoms with Crippen molar-refractivity contribution in [3.8, 4) is 0 Å². The molecule has 4 bridgehead atoms. The summed E-state index contributed by atoms with van der Waals surface area (Å²) >= 11 is 0. The van der Waals surface area contributed by atoms with Crippen LogP contribution in [-0.2, 0) is 32.1 Å². The van der Waals surface area contributed by atoms with E-state index in [0.717, 1.165) is 44.1 Å². The number of aryl methyl sites for hydroxylation is 1. The molecule has 2 aliphatic rings. The average molecular weight is 447 g/mol.